The number of rotatable bonds is 7. The molecule has 1 aliphatic heterocycles. The molecule has 0 bridgehead atoms. The van der Waals surface area contributed by atoms with Crippen LogP contribution >= 0.6 is 0 Å². The molecule has 0 aromatic rings. The van der Waals surface area contributed by atoms with Gasteiger partial charge in [0.15, 0.2) is 12.4 Å². The van der Waals surface area contributed by atoms with Gasteiger partial charge in [-0.25, -0.2) is 4.79 Å². The first-order valence-electron chi connectivity index (χ1n) is 15.3. The van der Waals surface area contributed by atoms with Crippen molar-refractivity contribution >= 4 is 11.9 Å². The third-order valence-corrected chi connectivity index (χ3v) is 12.3. The predicted octanol–water partition coefficient (Wildman–Crippen LogP) is 2.39. The highest BCUT2D eigenvalue weighted by atomic mass is 16.7. The molecule has 15 atom stereocenters. The van der Waals surface area contributed by atoms with Crippen LogP contribution in [-0.2, 0) is 19.1 Å². The van der Waals surface area contributed by atoms with Crippen LogP contribution in [0.2, 0.25) is 0 Å². The molecule has 10 heteroatoms. The molecule has 5 fully saturated rings. The summed E-state index contributed by atoms with van der Waals surface area (Å²) in [4.78, 5) is 23.0. The maximum atomic E-state index is 11.7. The van der Waals surface area contributed by atoms with Crippen LogP contribution in [0.5, 0.6) is 0 Å². The number of carboxylic acids is 2. The molecule has 1 heterocycles. The normalized spacial score (nSPS) is 51.3. The lowest BCUT2D eigenvalue weighted by Crippen LogP contribution is -2.63. The highest BCUT2D eigenvalue weighted by Crippen LogP contribution is 2.68. The highest BCUT2D eigenvalue weighted by molar-refractivity contribution is 5.73. The fourth-order valence-electron chi connectivity index (χ4n) is 10.3. The second kappa shape index (κ2) is 11.1. The minimum Gasteiger partial charge on any atom is -0.481 e. The maximum absolute atomic E-state index is 11.7. The minimum absolute atomic E-state index is 0.0170. The van der Waals surface area contributed by atoms with Crippen molar-refractivity contribution < 1.29 is 49.7 Å². The number of hydrogen-bond donors (Lipinski definition) is 6. The summed E-state index contributed by atoms with van der Waals surface area (Å²) in [6.07, 6.45) is -1.10. The molecule has 5 aliphatic rings. The Bertz CT molecular complexity index is 959. The third kappa shape index (κ3) is 5.00. The maximum Gasteiger partial charge on any atom is 0.335 e. The zero-order valence-electron chi connectivity index (χ0n) is 23.9. The topological polar surface area (TPSA) is 174 Å². The fourth-order valence-corrected chi connectivity index (χ4v) is 10.3. The molecule has 10 nitrogen and oxygen atoms in total. The largest absolute Gasteiger partial charge is 0.481 e. The third-order valence-electron chi connectivity index (χ3n) is 12.3. The van der Waals surface area contributed by atoms with Crippen LogP contribution in [0.25, 0.3) is 0 Å². The van der Waals surface area contributed by atoms with Crippen LogP contribution in [-0.4, -0.2) is 85.5 Å². The molecule has 0 aromatic heterocycles. The average Bonchev–Trinajstić information content (AvgIpc) is 3.25. The van der Waals surface area contributed by atoms with Gasteiger partial charge in [0.2, 0.25) is 0 Å². The van der Waals surface area contributed by atoms with E-state index in [0.717, 1.165) is 32.1 Å². The molecule has 0 aromatic carbocycles. The number of fused-ring (bicyclic) bond motifs is 5. The van der Waals surface area contributed by atoms with Gasteiger partial charge in [0.05, 0.1) is 12.2 Å². The van der Waals surface area contributed by atoms with Crippen molar-refractivity contribution in [3.8, 4) is 0 Å². The van der Waals surface area contributed by atoms with E-state index in [9.17, 15) is 40.2 Å². The van der Waals surface area contributed by atoms with Crippen molar-refractivity contribution in [2.75, 3.05) is 0 Å². The number of carbonyl (C=O) groups is 2. The zero-order chi connectivity index (χ0) is 29.1. The van der Waals surface area contributed by atoms with E-state index in [-0.39, 0.29) is 23.2 Å². The van der Waals surface area contributed by atoms with E-state index < -0.39 is 54.9 Å². The van der Waals surface area contributed by atoms with Crippen LogP contribution in [0.4, 0.5) is 0 Å². The summed E-state index contributed by atoms with van der Waals surface area (Å²) in [6.45, 7) is 6.89. The first kappa shape index (κ1) is 30.2. The lowest BCUT2D eigenvalue weighted by atomic mass is 9.43. The Labute approximate surface area is 236 Å². The van der Waals surface area contributed by atoms with E-state index in [0.29, 0.717) is 55.3 Å². The Morgan fingerprint density at radius 1 is 0.875 bits per heavy atom. The SMILES string of the molecule is C[C@H](CCC(=O)O)[C@H]1CC[C@H]2C3C[C@H](O[C@@H]4O[C@H](C(=O)O)[C@@H](O)[C@H](O)[C@H]4O)C4C[C@H](O)CC[C@]4(C)[C@H]3CC[C@]12C. The molecular formula is C30H48O10. The van der Waals surface area contributed by atoms with Gasteiger partial charge in [-0.05, 0) is 104 Å². The molecule has 0 spiro atoms. The van der Waals surface area contributed by atoms with Crippen molar-refractivity contribution in [2.45, 2.75) is 128 Å². The van der Waals surface area contributed by atoms with E-state index in [1.54, 1.807) is 0 Å². The first-order valence-corrected chi connectivity index (χ1v) is 15.3. The Hall–Kier alpha value is -1.30. The van der Waals surface area contributed by atoms with E-state index in [1.165, 1.54) is 0 Å². The summed E-state index contributed by atoms with van der Waals surface area (Å²) in [5, 5.41) is 60.7. The van der Waals surface area contributed by atoms with Crippen LogP contribution in [0, 0.1) is 46.3 Å². The van der Waals surface area contributed by atoms with Crippen molar-refractivity contribution in [1.82, 2.24) is 0 Å². The molecule has 1 saturated heterocycles. The smallest absolute Gasteiger partial charge is 0.335 e. The second-order valence-corrected chi connectivity index (χ2v) is 14.2. The van der Waals surface area contributed by atoms with Gasteiger partial charge in [-0.2, -0.15) is 0 Å². The fraction of sp³-hybridized carbons (Fsp3) is 0.933. The number of carboxylic acid groups (broad SMARTS) is 2. The van der Waals surface area contributed by atoms with Crippen LogP contribution in [0.15, 0.2) is 0 Å². The Balaban J connectivity index is 1.41. The van der Waals surface area contributed by atoms with Gasteiger partial charge in [-0.15, -0.1) is 0 Å². The van der Waals surface area contributed by atoms with Gasteiger partial charge in [0.25, 0.3) is 0 Å². The summed E-state index contributed by atoms with van der Waals surface area (Å²) >= 11 is 0. The zero-order valence-corrected chi connectivity index (χ0v) is 23.9. The van der Waals surface area contributed by atoms with Gasteiger partial charge < -0.3 is 40.1 Å². The highest BCUT2D eigenvalue weighted by Gasteiger charge is 2.63. The summed E-state index contributed by atoms with van der Waals surface area (Å²) < 4.78 is 11.9. The Morgan fingerprint density at radius 2 is 1.55 bits per heavy atom. The quantitative estimate of drug-likeness (QED) is 0.250. The van der Waals surface area contributed by atoms with Gasteiger partial charge >= 0.3 is 11.9 Å². The van der Waals surface area contributed by atoms with Crippen molar-refractivity contribution in [3.63, 3.8) is 0 Å². The number of aliphatic hydroxyl groups excluding tert-OH is 4. The summed E-state index contributed by atoms with van der Waals surface area (Å²) in [7, 11) is 0. The monoisotopic (exact) mass is 568 g/mol. The average molecular weight is 569 g/mol. The molecule has 2 unspecified atom stereocenters. The molecule has 0 amide bonds. The summed E-state index contributed by atoms with van der Waals surface area (Å²) in [5.74, 6) is -0.213. The molecule has 40 heavy (non-hydrogen) atoms. The van der Waals surface area contributed by atoms with Gasteiger partial charge in [0.1, 0.15) is 18.3 Å². The van der Waals surface area contributed by atoms with Gasteiger partial charge in [-0.3, -0.25) is 4.79 Å². The standard InChI is InChI=1S/C30H48O10/c1-14(4-7-22(32)33)17-5-6-18-16-13-21(39-28-25(36)23(34)24(35)26(40-28)27(37)38)20-12-15(31)8-10-30(20,3)19(16)9-11-29(17,18)2/h14-21,23-26,28,31,34-36H,4-13H2,1-3H3,(H,32,33)(H,37,38)/t14-,15-,16?,17-,18+,19+,20?,21+,23+,24+,25-,26+,28-,29-,30-/m1/s1. The van der Waals surface area contributed by atoms with Crippen LogP contribution < -0.4 is 0 Å². The Kier molecular flexibility index (Phi) is 8.36. The van der Waals surface area contributed by atoms with Crippen LogP contribution in [0.3, 0.4) is 0 Å². The molecule has 6 N–H and O–H groups in total. The first-order chi connectivity index (χ1) is 18.8. The van der Waals surface area contributed by atoms with E-state index >= 15 is 0 Å². The van der Waals surface area contributed by atoms with Crippen molar-refractivity contribution in [2.24, 2.45) is 46.3 Å². The molecule has 228 valence electrons. The molecule has 5 rings (SSSR count). The summed E-state index contributed by atoms with van der Waals surface area (Å²) in [6, 6.07) is 0. The number of hydrogen-bond acceptors (Lipinski definition) is 8. The van der Waals surface area contributed by atoms with E-state index in [2.05, 4.69) is 20.8 Å². The molecule has 4 saturated carbocycles. The van der Waals surface area contributed by atoms with Crippen molar-refractivity contribution in [1.29, 1.82) is 0 Å². The molecule has 0 radical (unpaired) electrons. The number of ether oxygens (including phenoxy) is 2. The van der Waals surface area contributed by atoms with E-state index in [1.807, 2.05) is 0 Å². The lowest BCUT2D eigenvalue weighted by Gasteiger charge is -2.63. The predicted molar refractivity (Wildman–Crippen MR) is 142 cm³/mol. The van der Waals surface area contributed by atoms with Gasteiger partial charge in [0, 0.05) is 6.42 Å². The molecule has 4 aliphatic carbocycles. The van der Waals surface area contributed by atoms with Crippen LogP contribution in [0.1, 0.15) is 85.0 Å². The van der Waals surface area contributed by atoms with Gasteiger partial charge in [-0.1, -0.05) is 20.8 Å². The van der Waals surface area contributed by atoms with Crippen molar-refractivity contribution in [3.05, 3.63) is 0 Å². The van der Waals surface area contributed by atoms with E-state index in [4.69, 9.17) is 9.47 Å². The number of aliphatic hydroxyl groups is 4. The Morgan fingerprint density at radius 3 is 2.23 bits per heavy atom. The number of aliphatic carboxylic acids is 2. The summed E-state index contributed by atoms with van der Waals surface area (Å²) in [5.41, 5.74) is -0.0122. The second-order valence-electron chi connectivity index (χ2n) is 14.2. The molecular weight excluding hydrogens is 520 g/mol. The lowest BCUT2D eigenvalue weighted by molar-refractivity contribution is -0.321. The minimum atomic E-state index is -1.78.